The summed E-state index contributed by atoms with van der Waals surface area (Å²) in [6.45, 7) is 6.03. The molecular weight excluding hydrogens is 236 g/mol. The van der Waals surface area contributed by atoms with Gasteiger partial charge in [0.2, 0.25) is 0 Å². The van der Waals surface area contributed by atoms with E-state index in [2.05, 4.69) is 21.5 Å². The number of piperidine rings is 1. The first-order chi connectivity index (χ1) is 7.81. The second kappa shape index (κ2) is 5.38. The highest BCUT2D eigenvalue weighted by Crippen LogP contribution is 2.27. The van der Waals surface area contributed by atoms with E-state index >= 15 is 0 Å². The summed E-state index contributed by atoms with van der Waals surface area (Å²) in [5.74, 6) is 1.82. The van der Waals surface area contributed by atoms with Crippen LogP contribution in [0.5, 0.6) is 0 Å². The molecule has 2 aliphatic rings. The summed E-state index contributed by atoms with van der Waals surface area (Å²) in [5, 5.41) is 7.74. The van der Waals surface area contributed by atoms with Crippen LogP contribution in [-0.2, 0) is 13.6 Å². The van der Waals surface area contributed by atoms with E-state index in [9.17, 15) is 0 Å². The van der Waals surface area contributed by atoms with Gasteiger partial charge in [0.25, 0.3) is 0 Å². The largest absolute Gasteiger partial charge is 0.316 e. The molecule has 3 heterocycles. The van der Waals surface area contributed by atoms with Crippen LogP contribution in [-0.4, -0.2) is 40.9 Å². The normalized spacial score (nSPS) is 28.8. The molecule has 2 saturated heterocycles. The predicted octanol–water partition coefficient (Wildman–Crippen LogP) is 0.883. The van der Waals surface area contributed by atoms with E-state index < -0.39 is 0 Å². The van der Waals surface area contributed by atoms with Crippen LogP contribution in [0.4, 0.5) is 0 Å². The van der Waals surface area contributed by atoms with Gasteiger partial charge in [0.1, 0.15) is 0 Å². The van der Waals surface area contributed by atoms with Crippen LogP contribution in [0.3, 0.4) is 0 Å². The molecule has 3 rings (SSSR count). The number of nitrogens with one attached hydrogen (secondary N) is 1. The maximum atomic E-state index is 4.23. The molecule has 1 aromatic heterocycles. The quantitative estimate of drug-likeness (QED) is 0.853. The Morgan fingerprint density at radius 1 is 1.41 bits per heavy atom. The Balaban J connectivity index is 0.00000108. The third kappa shape index (κ3) is 2.81. The molecule has 1 aromatic rings. The maximum Gasteiger partial charge on any atom is 0.0534 e. The number of rotatable bonds is 2. The first-order valence-corrected chi connectivity index (χ1v) is 6.22. The molecule has 17 heavy (non-hydrogen) atoms. The number of fused-ring (bicyclic) bond motifs is 1. The highest BCUT2D eigenvalue weighted by Gasteiger charge is 2.32. The van der Waals surface area contributed by atoms with E-state index in [1.165, 1.54) is 38.2 Å². The standard InChI is InChI=1S/C12H20N4.ClH/c1-15-7-10(4-14-15)8-16-3-2-11-5-13-6-12(11)9-16;/h4,7,11-13H,2-3,5-6,8-9H2,1H3;1H. The Labute approximate surface area is 109 Å². The van der Waals surface area contributed by atoms with Crippen molar-refractivity contribution in [2.24, 2.45) is 18.9 Å². The zero-order chi connectivity index (χ0) is 11.0. The van der Waals surface area contributed by atoms with Crippen molar-refractivity contribution < 1.29 is 0 Å². The SMILES string of the molecule is Cl.Cn1cc(CN2CCC3CNCC3C2)cn1. The van der Waals surface area contributed by atoms with Crippen LogP contribution in [0.2, 0.25) is 0 Å². The summed E-state index contributed by atoms with van der Waals surface area (Å²) in [6.07, 6.45) is 5.47. The van der Waals surface area contributed by atoms with Gasteiger partial charge in [-0.2, -0.15) is 5.10 Å². The molecule has 96 valence electrons. The third-order valence-corrected chi connectivity index (χ3v) is 3.95. The molecule has 2 unspecified atom stereocenters. The molecule has 2 atom stereocenters. The summed E-state index contributed by atoms with van der Waals surface area (Å²) in [4.78, 5) is 2.57. The Morgan fingerprint density at radius 2 is 2.24 bits per heavy atom. The van der Waals surface area contributed by atoms with Crippen LogP contribution >= 0.6 is 12.4 Å². The van der Waals surface area contributed by atoms with Gasteiger partial charge in [-0.1, -0.05) is 0 Å². The average molecular weight is 257 g/mol. The van der Waals surface area contributed by atoms with Gasteiger partial charge in [0.05, 0.1) is 6.20 Å². The number of halogens is 1. The third-order valence-electron chi connectivity index (χ3n) is 3.95. The summed E-state index contributed by atoms with van der Waals surface area (Å²) >= 11 is 0. The second-order valence-corrected chi connectivity index (χ2v) is 5.22. The number of aryl methyl sites for hydroxylation is 1. The lowest BCUT2D eigenvalue weighted by molar-refractivity contribution is 0.142. The fourth-order valence-electron chi connectivity index (χ4n) is 3.07. The van der Waals surface area contributed by atoms with E-state index in [-0.39, 0.29) is 12.4 Å². The van der Waals surface area contributed by atoms with Crippen molar-refractivity contribution in [3.63, 3.8) is 0 Å². The van der Waals surface area contributed by atoms with Crippen molar-refractivity contribution in [2.75, 3.05) is 26.2 Å². The van der Waals surface area contributed by atoms with Crippen molar-refractivity contribution in [1.29, 1.82) is 0 Å². The predicted molar refractivity (Wildman–Crippen MR) is 70.2 cm³/mol. The molecule has 4 nitrogen and oxygen atoms in total. The van der Waals surface area contributed by atoms with E-state index in [1.807, 2.05) is 17.9 Å². The minimum Gasteiger partial charge on any atom is -0.316 e. The molecule has 0 aromatic carbocycles. The van der Waals surface area contributed by atoms with Crippen LogP contribution in [0.15, 0.2) is 12.4 Å². The van der Waals surface area contributed by atoms with Gasteiger partial charge < -0.3 is 5.32 Å². The summed E-state index contributed by atoms with van der Waals surface area (Å²) in [7, 11) is 1.98. The van der Waals surface area contributed by atoms with Gasteiger partial charge in [0.15, 0.2) is 0 Å². The lowest BCUT2D eigenvalue weighted by atomic mass is 9.88. The molecule has 2 fully saturated rings. The van der Waals surface area contributed by atoms with Gasteiger partial charge >= 0.3 is 0 Å². The summed E-state index contributed by atoms with van der Waals surface area (Å²) in [6, 6.07) is 0. The molecule has 1 N–H and O–H groups in total. The molecule has 0 aliphatic carbocycles. The molecule has 0 bridgehead atoms. The van der Waals surface area contributed by atoms with Crippen molar-refractivity contribution in [2.45, 2.75) is 13.0 Å². The first-order valence-electron chi connectivity index (χ1n) is 6.22. The second-order valence-electron chi connectivity index (χ2n) is 5.22. The zero-order valence-electron chi connectivity index (χ0n) is 10.3. The topological polar surface area (TPSA) is 33.1 Å². The number of likely N-dealkylation sites (tertiary alicyclic amines) is 1. The van der Waals surface area contributed by atoms with E-state index in [4.69, 9.17) is 0 Å². The fraction of sp³-hybridized carbons (Fsp3) is 0.750. The Kier molecular flexibility index (Phi) is 4.07. The van der Waals surface area contributed by atoms with Crippen LogP contribution in [0.25, 0.3) is 0 Å². The van der Waals surface area contributed by atoms with Gasteiger partial charge in [-0.25, -0.2) is 0 Å². The molecule has 2 aliphatic heterocycles. The zero-order valence-corrected chi connectivity index (χ0v) is 11.1. The molecule has 0 saturated carbocycles. The number of aromatic nitrogens is 2. The van der Waals surface area contributed by atoms with Crippen molar-refractivity contribution in [1.82, 2.24) is 20.0 Å². The summed E-state index contributed by atoms with van der Waals surface area (Å²) in [5.41, 5.74) is 1.34. The van der Waals surface area contributed by atoms with E-state index in [1.54, 1.807) is 0 Å². The lowest BCUT2D eigenvalue weighted by Crippen LogP contribution is -2.39. The van der Waals surface area contributed by atoms with Gasteiger partial charge in [0, 0.05) is 31.9 Å². The molecule has 0 radical (unpaired) electrons. The Morgan fingerprint density at radius 3 is 3.00 bits per heavy atom. The molecular formula is C12H21ClN4. The number of nitrogens with zero attached hydrogens (tertiary/aromatic N) is 3. The Hall–Kier alpha value is -0.580. The van der Waals surface area contributed by atoms with Crippen LogP contribution in [0, 0.1) is 11.8 Å². The van der Waals surface area contributed by atoms with Crippen LogP contribution < -0.4 is 5.32 Å². The van der Waals surface area contributed by atoms with Gasteiger partial charge in [-0.15, -0.1) is 12.4 Å². The maximum absolute atomic E-state index is 4.23. The van der Waals surface area contributed by atoms with Crippen molar-refractivity contribution >= 4 is 12.4 Å². The van der Waals surface area contributed by atoms with E-state index in [0.717, 1.165) is 18.4 Å². The monoisotopic (exact) mass is 256 g/mol. The smallest absolute Gasteiger partial charge is 0.0534 e. The fourth-order valence-corrected chi connectivity index (χ4v) is 3.07. The number of hydrogen-bond donors (Lipinski definition) is 1. The van der Waals surface area contributed by atoms with Crippen LogP contribution in [0.1, 0.15) is 12.0 Å². The Bertz CT molecular complexity index is 365. The minimum absolute atomic E-state index is 0. The molecule has 0 spiro atoms. The molecule has 5 heteroatoms. The van der Waals surface area contributed by atoms with Gasteiger partial charge in [-0.05, 0) is 37.9 Å². The van der Waals surface area contributed by atoms with E-state index in [0.29, 0.717) is 0 Å². The number of hydrogen-bond acceptors (Lipinski definition) is 3. The van der Waals surface area contributed by atoms with Crippen molar-refractivity contribution in [3.8, 4) is 0 Å². The summed E-state index contributed by atoms with van der Waals surface area (Å²) < 4.78 is 1.89. The molecule has 0 amide bonds. The minimum atomic E-state index is 0. The highest BCUT2D eigenvalue weighted by molar-refractivity contribution is 5.85. The first kappa shape index (κ1) is 12.9. The average Bonchev–Trinajstić information content (AvgIpc) is 2.87. The lowest BCUT2D eigenvalue weighted by Gasteiger charge is -2.34. The highest BCUT2D eigenvalue weighted by atomic mass is 35.5. The van der Waals surface area contributed by atoms with Crippen molar-refractivity contribution in [3.05, 3.63) is 18.0 Å². The van der Waals surface area contributed by atoms with Gasteiger partial charge in [-0.3, -0.25) is 9.58 Å².